The minimum absolute atomic E-state index is 0.0261. The molecule has 0 radical (unpaired) electrons. The van der Waals surface area contributed by atoms with E-state index in [4.69, 9.17) is 16.9 Å². The van der Waals surface area contributed by atoms with Crippen molar-refractivity contribution in [3.8, 4) is 18.0 Å². The molecular weight excluding hydrogens is 333 g/mol. The van der Waals surface area contributed by atoms with Gasteiger partial charge in [0.25, 0.3) is 0 Å². The number of benzene rings is 1. The van der Waals surface area contributed by atoms with E-state index < -0.39 is 11.7 Å². The molecule has 0 bridgehead atoms. The number of anilines is 1. The van der Waals surface area contributed by atoms with Crippen LogP contribution in [0.3, 0.4) is 0 Å². The predicted octanol–water partition coefficient (Wildman–Crippen LogP) is 2.30. The quantitative estimate of drug-likeness (QED) is 0.867. The first-order valence-corrected chi connectivity index (χ1v) is 7.70. The fourth-order valence-corrected chi connectivity index (χ4v) is 3.17. The molecule has 1 aliphatic heterocycles. The molecule has 24 heavy (non-hydrogen) atoms. The molecule has 0 spiro atoms. The van der Waals surface area contributed by atoms with Crippen LogP contribution in [0.15, 0.2) is 12.1 Å². The fourth-order valence-electron chi connectivity index (χ4n) is 2.97. The topological polar surface area (TPSA) is 96.0 Å². The summed E-state index contributed by atoms with van der Waals surface area (Å²) in [5, 5.41) is 32.1. The van der Waals surface area contributed by atoms with Crippen LogP contribution in [0.4, 0.5) is 10.1 Å². The van der Waals surface area contributed by atoms with Gasteiger partial charge in [0.2, 0.25) is 5.88 Å². The summed E-state index contributed by atoms with van der Waals surface area (Å²) in [6.45, 7) is 1.60. The Morgan fingerprint density at radius 3 is 2.96 bits per heavy atom. The molecule has 1 fully saturated rings. The lowest BCUT2D eigenvalue weighted by Crippen LogP contribution is -2.50. The van der Waals surface area contributed by atoms with E-state index in [0.717, 1.165) is 6.07 Å². The Kier molecular flexibility index (Phi) is 4.39. The number of fused-ring (bicyclic) bond motifs is 1. The van der Waals surface area contributed by atoms with Crippen molar-refractivity contribution in [1.29, 1.82) is 10.5 Å². The number of nitrogens with zero attached hydrogens (tertiary/aromatic N) is 4. The maximum absolute atomic E-state index is 14.2. The monoisotopic (exact) mass is 345 g/mol. The van der Waals surface area contributed by atoms with Crippen molar-refractivity contribution in [1.82, 2.24) is 10.3 Å². The molecule has 6 nitrogen and oxygen atoms in total. The van der Waals surface area contributed by atoms with Gasteiger partial charge in [-0.15, -0.1) is 0 Å². The Balaban J connectivity index is 2.22. The van der Waals surface area contributed by atoms with Gasteiger partial charge in [0.05, 0.1) is 18.2 Å². The standard InChI is InChI=1S/C16H13ClFN5O/c17-9-5-11-14(13(18)6-9)22-16(24)12(7-20)15(11)23-4-3-21-10(8-23)1-2-19/h5-6,10,21H,1,3-4,8H2,(H,22,24)/t10-/m0/s1. The second kappa shape index (κ2) is 6.48. The van der Waals surface area contributed by atoms with Gasteiger partial charge in [-0.3, -0.25) is 0 Å². The Morgan fingerprint density at radius 2 is 2.25 bits per heavy atom. The summed E-state index contributed by atoms with van der Waals surface area (Å²) in [5.74, 6) is -1.18. The molecule has 0 saturated carbocycles. The van der Waals surface area contributed by atoms with Crippen LogP contribution in [0.2, 0.25) is 5.02 Å². The number of halogens is 2. The predicted molar refractivity (Wildman–Crippen MR) is 87.3 cm³/mol. The Morgan fingerprint density at radius 1 is 1.46 bits per heavy atom. The van der Waals surface area contributed by atoms with Gasteiger partial charge in [0.1, 0.15) is 17.1 Å². The van der Waals surface area contributed by atoms with Gasteiger partial charge >= 0.3 is 0 Å². The van der Waals surface area contributed by atoms with Gasteiger partial charge < -0.3 is 15.3 Å². The second-order valence-electron chi connectivity index (χ2n) is 5.51. The molecule has 2 aromatic rings. The average Bonchev–Trinajstić information content (AvgIpc) is 2.55. The molecule has 1 saturated heterocycles. The first-order valence-electron chi connectivity index (χ1n) is 7.32. The molecular formula is C16H13ClFN5O. The number of pyridine rings is 1. The molecule has 1 aromatic carbocycles. The second-order valence-corrected chi connectivity index (χ2v) is 5.95. The van der Waals surface area contributed by atoms with E-state index >= 15 is 0 Å². The maximum atomic E-state index is 14.2. The summed E-state index contributed by atoms with van der Waals surface area (Å²) in [4.78, 5) is 5.66. The van der Waals surface area contributed by atoms with Crippen LogP contribution in [0.5, 0.6) is 5.88 Å². The highest BCUT2D eigenvalue weighted by Gasteiger charge is 2.26. The van der Waals surface area contributed by atoms with Gasteiger partial charge in [-0.05, 0) is 12.1 Å². The summed E-state index contributed by atoms with van der Waals surface area (Å²) < 4.78 is 14.2. The number of aromatic hydroxyl groups is 1. The van der Waals surface area contributed by atoms with E-state index in [1.165, 1.54) is 6.07 Å². The summed E-state index contributed by atoms with van der Waals surface area (Å²) in [6.07, 6.45) is 0.308. The molecule has 3 rings (SSSR count). The highest BCUT2D eigenvalue weighted by atomic mass is 35.5. The van der Waals surface area contributed by atoms with E-state index in [2.05, 4.69) is 16.4 Å². The van der Waals surface area contributed by atoms with E-state index in [-0.39, 0.29) is 22.1 Å². The van der Waals surface area contributed by atoms with Crippen molar-refractivity contribution in [2.75, 3.05) is 24.5 Å². The number of rotatable bonds is 2. The van der Waals surface area contributed by atoms with Crippen molar-refractivity contribution >= 4 is 28.2 Å². The zero-order valence-electron chi connectivity index (χ0n) is 12.6. The van der Waals surface area contributed by atoms with Crippen molar-refractivity contribution in [3.05, 3.63) is 28.5 Å². The number of nitriles is 2. The third-order valence-electron chi connectivity index (χ3n) is 3.98. The number of hydrogen-bond acceptors (Lipinski definition) is 6. The lowest BCUT2D eigenvalue weighted by molar-refractivity contribution is 0.448. The zero-order valence-corrected chi connectivity index (χ0v) is 13.3. The van der Waals surface area contributed by atoms with Gasteiger partial charge in [-0.2, -0.15) is 10.5 Å². The first kappa shape index (κ1) is 16.3. The Labute approximate surface area is 142 Å². The zero-order chi connectivity index (χ0) is 17.3. The van der Waals surface area contributed by atoms with Crippen LogP contribution in [-0.2, 0) is 0 Å². The summed E-state index contributed by atoms with van der Waals surface area (Å²) in [6, 6.07) is 6.61. The van der Waals surface area contributed by atoms with Crippen molar-refractivity contribution in [3.63, 3.8) is 0 Å². The van der Waals surface area contributed by atoms with E-state index in [1.54, 1.807) is 0 Å². The Bertz CT molecular complexity index is 889. The molecule has 122 valence electrons. The Hall–Kier alpha value is -2.61. The van der Waals surface area contributed by atoms with Crippen LogP contribution < -0.4 is 10.2 Å². The molecule has 8 heteroatoms. The minimum atomic E-state index is -0.665. The third kappa shape index (κ3) is 2.80. The van der Waals surface area contributed by atoms with Crippen LogP contribution in [0.25, 0.3) is 10.9 Å². The number of hydrogen-bond donors (Lipinski definition) is 2. The average molecular weight is 346 g/mol. The molecule has 1 aromatic heterocycles. The van der Waals surface area contributed by atoms with E-state index in [1.807, 2.05) is 11.0 Å². The fraction of sp³-hybridized carbons (Fsp3) is 0.312. The third-order valence-corrected chi connectivity index (χ3v) is 4.20. The van der Waals surface area contributed by atoms with E-state index in [0.29, 0.717) is 37.1 Å². The highest BCUT2D eigenvalue weighted by Crippen LogP contribution is 2.37. The summed E-state index contributed by atoms with van der Waals surface area (Å²) in [7, 11) is 0. The van der Waals surface area contributed by atoms with Crippen LogP contribution in [0.1, 0.15) is 12.0 Å². The number of nitrogens with one attached hydrogen (secondary N) is 1. The molecule has 0 aliphatic carbocycles. The summed E-state index contributed by atoms with van der Waals surface area (Å²) in [5.41, 5.74) is 0.328. The number of aromatic nitrogens is 1. The summed E-state index contributed by atoms with van der Waals surface area (Å²) >= 11 is 5.96. The van der Waals surface area contributed by atoms with Crippen molar-refractivity contribution in [2.45, 2.75) is 12.5 Å². The van der Waals surface area contributed by atoms with Crippen molar-refractivity contribution < 1.29 is 9.50 Å². The van der Waals surface area contributed by atoms with Crippen LogP contribution in [-0.4, -0.2) is 35.8 Å². The molecule has 0 amide bonds. The first-order chi connectivity index (χ1) is 11.5. The lowest BCUT2D eigenvalue weighted by Gasteiger charge is -2.35. The smallest absolute Gasteiger partial charge is 0.232 e. The van der Waals surface area contributed by atoms with Gasteiger partial charge in [0.15, 0.2) is 5.82 Å². The molecule has 1 atom stereocenters. The maximum Gasteiger partial charge on any atom is 0.232 e. The molecule has 1 aliphatic rings. The van der Waals surface area contributed by atoms with Gasteiger partial charge in [-0.1, -0.05) is 11.6 Å². The normalized spacial score (nSPS) is 17.5. The van der Waals surface area contributed by atoms with Crippen molar-refractivity contribution in [2.24, 2.45) is 0 Å². The highest BCUT2D eigenvalue weighted by molar-refractivity contribution is 6.31. The molecule has 2 N–H and O–H groups in total. The molecule has 2 heterocycles. The largest absolute Gasteiger partial charge is 0.492 e. The minimum Gasteiger partial charge on any atom is -0.492 e. The van der Waals surface area contributed by atoms with Gasteiger partial charge in [0, 0.05) is 36.1 Å². The van der Waals surface area contributed by atoms with Crippen LogP contribution in [0, 0.1) is 28.5 Å². The van der Waals surface area contributed by atoms with E-state index in [9.17, 15) is 14.8 Å². The SMILES string of the molecule is N#CC[C@H]1CN(c2c(C#N)c(O)nc3c(F)cc(Cl)cc23)CCN1. The van der Waals surface area contributed by atoms with Crippen LogP contribution >= 0.6 is 11.6 Å². The molecule has 0 unspecified atom stereocenters. The lowest BCUT2D eigenvalue weighted by atomic mass is 10.0. The number of piperazine rings is 1. The van der Waals surface area contributed by atoms with Gasteiger partial charge in [-0.25, -0.2) is 9.37 Å².